The van der Waals surface area contributed by atoms with Crippen molar-refractivity contribution < 1.29 is 24.5 Å². The maximum absolute atomic E-state index is 11.5. The van der Waals surface area contributed by atoms with Gasteiger partial charge in [-0.2, -0.15) is 0 Å². The second kappa shape index (κ2) is 8.00. The zero-order chi connectivity index (χ0) is 15.0. The first-order valence-electron chi connectivity index (χ1n) is 6.20. The number of aliphatic hydroxyl groups is 1. The molecule has 0 aromatic heterocycles. The van der Waals surface area contributed by atoms with E-state index in [-0.39, 0.29) is 0 Å². The Bertz CT molecular complexity index is 447. The number of carbonyl (C=O) groups excluding carboxylic acids is 1. The molecule has 4 N–H and O–H groups in total. The average Bonchev–Trinajstić information content (AvgIpc) is 2.43. The molecule has 1 rings (SSSR count). The normalized spacial score (nSPS) is 11.5. The van der Waals surface area contributed by atoms with Gasteiger partial charge in [-0.3, -0.25) is 0 Å². The summed E-state index contributed by atoms with van der Waals surface area (Å²) in [6.45, 7) is 1.94. The number of amides is 2. The summed E-state index contributed by atoms with van der Waals surface area (Å²) in [7, 11) is 0. The minimum absolute atomic E-state index is 0.494. The molecular formula is C13H18N2O5. The summed E-state index contributed by atoms with van der Waals surface area (Å²) in [4.78, 5) is 22.2. The third-order valence-corrected chi connectivity index (χ3v) is 2.37. The minimum atomic E-state index is -1.33. The molecule has 1 aromatic carbocycles. The third kappa shape index (κ3) is 5.15. The Morgan fingerprint density at radius 3 is 2.45 bits per heavy atom. The predicted molar refractivity (Wildman–Crippen MR) is 72.9 cm³/mol. The van der Waals surface area contributed by atoms with Crippen LogP contribution in [0.4, 0.5) is 10.5 Å². The fourth-order valence-electron chi connectivity index (χ4n) is 1.37. The second-order valence-electron chi connectivity index (χ2n) is 4.04. The molecule has 0 spiro atoms. The van der Waals surface area contributed by atoms with Crippen LogP contribution in [0.25, 0.3) is 0 Å². The molecule has 0 aliphatic carbocycles. The van der Waals surface area contributed by atoms with Gasteiger partial charge in [-0.05, 0) is 30.7 Å². The van der Waals surface area contributed by atoms with E-state index in [4.69, 9.17) is 14.9 Å². The van der Waals surface area contributed by atoms with Gasteiger partial charge in [0.1, 0.15) is 5.75 Å². The molecule has 20 heavy (non-hydrogen) atoms. The number of ether oxygens (including phenoxy) is 1. The van der Waals surface area contributed by atoms with Crippen LogP contribution in [0.3, 0.4) is 0 Å². The lowest BCUT2D eigenvalue weighted by Gasteiger charge is -2.13. The molecule has 0 aliphatic rings. The largest absolute Gasteiger partial charge is 0.494 e. The number of hydrogen-bond donors (Lipinski definition) is 4. The lowest BCUT2D eigenvalue weighted by atomic mass is 10.3. The number of aliphatic hydroxyl groups excluding tert-OH is 1. The molecule has 0 unspecified atom stereocenters. The Morgan fingerprint density at radius 1 is 1.30 bits per heavy atom. The molecule has 7 heteroatoms. The highest BCUT2D eigenvalue weighted by molar-refractivity contribution is 5.92. The molecule has 2 amide bonds. The van der Waals surface area contributed by atoms with E-state index in [1.54, 1.807) is 24.3 Å². The van der Waals surface area contributed by atoms with Crippen molar-refractivity contribution in [3.63, 3.8) is 0 Å². The molecule has 0 heterocycles. The number of carboxylic acids is 1. The van der Waals surface area contributed by atoms with E-state index in [2.05, 4.69) is 10.6 Å². The van der Waals surface area contributed by atoms with Gasteiger partial charge in [0.2, 0.25) is 0 Å². The van der Waals surface area contributed by atoms with Crippen LogP contribution in [-0.2, 0) is 4.79 Å². The standard InChI is InChI=1S/C13H18N2O5/c1-2-7-20-10-5-3-9(4-6-10)14-13(19)15-11(8-16)12(17)18/h3-6,11,16H,2,7-8H2,1H3,(H,17,18)(H2,14,15,19)/t11-/m1/s1. The monoisotopic (exact) mass is 282 g/mol. The number of anilines is 1. The number of aliphatic carboxylic acids is 1. The fraction of sp³-hybridized carbons (Fsp3) is 0.385. The quantitative estimate of drug-likeness (QED) is 0.597. The van der Waals surface area contributed by atoms with Crippen molar-refractivity contribution in [2.75, 3.05) is 18.5 Å². The first-order valence-corrected chi connectivity index (χ1v) is 6.20. The SMILES string of the molecule is CCCOc1ccc(NC(=O)N[C@H](CO)C(=O)O)cc1. The number of urea groups is 1. The summed E-state index contributed by atoms with van der Waals surface area (Å²) in [5.41, 5.74) is 0.494. The molecule has 0 saturated carbocycles. The Labute approximate surface area is 116 Å². The Kier molecular flexibility index (Phi) is 6.31. The van der Waals surface area contributed by atoms with E-state index in [0.717, 1.165) is 6.42 Å². The predicted octanol–water partition coefficient (Wildman–Crippen LogP) is 1.04. The summed E-state index contributed by atoms with van der Waals surface area (Å²) >= 11 is 0. The third-order valence-electron chi connectivity index (χ3n) is 2.37. The Balaban J connectivity index is 2.51. The lowest BCUT2D eigenvalue weighted by Crippen LogP contribution is -2.45. The van der Waals surface area contributed by atoms with Crippen LogP contribution < -0.4 is 15.4 Å². The molecule has 1 atom stereocenters. The van der Waals surface area contributed by atoms with Crippen molar-refractivity contribution in [1.29, 1.82) is 0 Å². The first kappa shape index (κ1) is 15.8. The smallest absolute Gasteiger partial charge is 0.328 e. The van der Waals surface area contributed by atoms with Crippen LogP contribution in [0.1, 0.15) is 13.3 Å². The van der Waals surface area contributed by atoms with Crippen LogP contribution in [0.5, 0.6) is 5.75 Å². The summed E-state index contributed by atoms with van der Waals surface area (Å²) in [5.74, 6) is -0.609. The van der Waals surface area contributed by atoms with Crippen molar-refractivity contribution in [1.82, 2.24) is 5.32 Å². The van der Waals surface area contributed by atoms with Crippen molar-refractivity contribution in [2.24, 2.45) is 0 Å². The van der Waals surface area contributed by atoms with E-state index < -0.39 is 24.6 Å². The van der Waals surface area contributed by atoms with Gasteiger partial charge >= 0.3 is 12.0 Å². The maximum Gasteiger partial charge on any atom is 0.328 e. The molecular weight excluding hydrogens is 264 g/mol. The van der Waals surface area contributed by atoms with E-state index in [0.29, 0.717) is 18.0 Å². The van der Waals surface area contributed by atoms with Gasteiger partial charge in [0, 0.05) is 5.69 Å². The minimum Gasteiger partial charge on any atom is -0.494 e. The molecule has 0 bridgehead atoms. The van der Waals surface area contributed by atoms with Gasteiger partial charge in [0.15, 0.2) is 6.04 Å². The summed E-state index contributed by atoms with van der Waals surface area (Å²) in [6.07, 6.45) is 0.903. The van der Waals surface area contributed by atoms with Crippen molar-refractivity contribution in [2.45, 2.75) is 19.4 Å². The van der Waals surface area contributed by atoms with Crippen molar-refractivity contribution >= 4 is 17.7 Å². The van der Waals surface area contributed by atoms with Crippen LogP contribution in [0.2, 0.25) is 0 Å². The molecule has 0 saturated heterocycles. The van der Waals surface area contributed by atoms with E-state index in [9.17, 15) is 9.59 Å². The van der Waals surface area contributed by atoms with Gasteiger partial charge < -0.3 is 25.6 Å². The number of benzene rings is 1. The first-order chi connectivity index (χ1) is 9.56. The molecule has 0 fully saturated rings. The van der Waals surface area contributed by atoms with E-state index >= 15 is 0 Å². The van der Waals surface area contributed by atoms with Crippen molar-refractivity contribution in [3.8, 4) is 5.75 Å². The van der Waals surface area contributed by atoms with Crippen LogP contribution >= 0.6 is 0 Å². The molecule has 1 aromatic rings. The van der Waals surface area contributed by atoms with Crippen LogP contribution in [0, 0.1) is 0 Å². The topological polar surface area (TPSA) is 108 Å². The molecule has 7 nitrogen and oxygen atoms in total. The fourth-order valence-corrected chi connectivity index (χ4v) is 1.37. The molecule has 0 radical (unpaired) electrons. The molecule has 0 aliphatic heterocycles. The van der Waals surface area contributed by atoms with E-state index in [1.165, 1.54) is 0 Å². The van der Waals surface area contributed by atoms with E-state index in [1.807, 2.05) is 6.92 Å². The van der Waals surface area contributed by atoms with Gasteiger partial charge in [-0.1, -0.05) is 6.92 Å². The summed E-state index contributed by atoms with van der Waals surface area (Å²) in [5, 5.41) is 22.1. The van der Waals surface area contributed by atoms with Crippen LogP contribution in [-0.4, -0.2) is 41.5 Å². The number of hydrogen-bond acceptors (Lipinski definition) is 4. The zero-order valence-corrected chi connectivity index (χ0v) is 11.1. The number of nitrogens with one attached hydrogen (secondary N) is 2. The van der Waals surface area contributed by atoms with Crippen LogP contribution in [0.15, 0.2) is 24.3 Å². The summed E-state index contributed by atoms with van der Waals surface area (Å²) in [6, 6.07) is 4.65. The zero-order valence-electron chi connectivity index (χ0n) is 11.1. The number of rotatable bonds is 7. The average molecular weight is 282 g/mol. The summed E-state index contributed by atoms with van der Waals surface area (Å²) < 4.78 is 5.39. The number of carboxylic acid groups (broad SMARTS) is 1. The molecule has 110 valence electrons. The second-order valence-corrected chi connectivity index (χ2v) is 4.04. The highest BCUT2D eigenvalue weighted by Gasteiger charge is 2.18. The highest BCUT2D eigenvalue weighted by atomic mass is 16.5. The lowest BCUT2D eigenvalue weighted by molar-refractivity contribution is -0.140. The number of carbonyl (C=O) groups is 2. The van der Waals surface area contributed by atoms with Gasteiger partial charge in [-0.25, -0.2) is 9.59 Å². The van der Waals surface area contributed by atoms with Gasteiger partial charge in [0.05, 0.1) is 13.2 Å². The maximum atomic E-state index is 11.5. The highest BCUT2D eigenvalue weighted by Crippen LogP contribution is 2.15. The van der Waals surface area contributed by atoms with Gasteiger partial charge in [0.25, 0.3) is 0 Å². The van der Waals surface area contributed by atoms with Crippen molar-refractivity contribution in [3.05, 3.63) is 24.3 Å². The van der Waals surface area contributed by atoms with Gasteiger partial charge in [-0.15, -0.1) is 0 Å². The Hall–Kier alpha value is -2.28. The Morgan fingerprint density at radius 2 is 1.95 bits per heavy atom.